The molecule has 0 aliphatic rings. The minimum absolute atomic E-state index is 0.203. The van der Waals surface area contributed by atoms with Crippen LogP contribution in [0.4, 0.5) is 0 Å². The first-order valence-corrected chi connectivity index (χ1v) is 9.02. The summed E-state index contributed by atoms with van der Waals surface area (Å²) in [5.41, 5.74) is 3.99. The van der Waals surface area contributed by atoms with Gasteiger partial charge in [0.15, 0.2) is 0 Å². The van der Waals surface area contributed by atoms with Crippen molar-refractivity contribution in [2.24, 2.45) is 0 Å². The van der Waals surface area contributed by atoms with Crippen LogP contribution in [0.15, 0.2) is 71.7 Å². The molecule has 27 heavy (non-hydrogen) atoms. The smallest absolute Gasteiger partial charge is 0.269 e. The summed E-state index contributed by atoms with van der Waals surface area (Å²) in [5, 5.41) is 14.0. The largest absolute Gasteiger partial charge is 0.347 e. The highest BCUT2D eigenvalue weighted by Gasteiger charge is 2.11. The van der Waals surface area contributed by atoms with E-state index in [9.17, 15) is 4.79 Å². The van der Waals surface area contributed by atoms with Crippen molar-refractivity contribution in [1.82, 2.24) is 30.3 Å². The topological polar surface area (TPSA) is 88.5 Å². The third kappa shape index (κ3) is 3.95. The van der Waals surface area contributed by atoms with Crippen molar-refractivity contribution >= 4 is 21.8 Å². The molecule has 0 atom stereocenters. The van der Waals surface area contributed by atoms with Crippen LogP contribution in [0.25, 0.3) is 16.9 Å². The first-order valence-electron chi connectivity index (χ1n) is 8.22. The number of hydrogen-bond donors (Lipinski definition) is 2. The molecule has 2 aromatic carbocycles. The number of rotatable bonds is 5. The Morgan fingerprint density at radius 2 is 1.89 bits per heavy atom. The molecular formula is C19H15BrN6O. The van der Waals surface area contributed by atoms with Crippen LogP contribution in [0.5, 0.6) is 0 Å². The SMILES string of the molecule is O=C(NCc1ccc(-n2cncn2)cc1)c1cc(-c2ccc(Br)cc2)n[nH]1. The molecule has 0 aliphatic carbocycles. The van der Waals surface area contributed by atoms with Crippen LogP contribution >= 0.6 is 15.9 Å². The Morgan fingerprint density at radius 1 is 1.11 bits per heavy atom. The summed E-state index contributed by atoms with van der Waals surface area (Å²) < 4.78 is 2.67. The maximum atomic E-state index is 12.4. The van der Waals surface area contributed by atoms with Crippen molar-refractivity contribution < 1.29 is 4.79 Å². The van der Waals surface area contributed by atoms with Gasteiger partial charge in [0.05, 0.1) is 11.4 Å². The van der Waals surface area contributed by atoms with E-state index in [1.54, 1.807) is 17.1 Å². The highest BCUT2D eigenvalue weighted by Crippen LogP contribution is 2.20. The molecular weight excluding hydrogens is 408 g/mol. The summed E-state index contributed by atoms with van der Waals surface area (Å²) in [4.78, 5) is 16.3. The molecule has 134 valence electrons. The van der Waals surface area contributed by atoms with Gasteiger partial charge in [-0.1, -0.05) is 40.2 Å². The zero-order chi connectivity index (χ0) is 18.6. The summed E-state index contributed by atoms with van der Waals surface area (Å²) >= 11 is 3.40. The van der Waals surface area contributed by atoms with E-state index in [0.717, 1.165) is 27.0 Å². The van der Waals surface area contributed by atoms with E-state index < -0.39 is 0 Å². The highest BCUT2D eigenvalue weighted by atomic mass is 79.9. The van der Waals surface area contributed by atoms with Crippen LogP contribution in [0, 0.1) is 0 Å². The Labute approximate surface area is 163 Å². The molecule has 8 heteroatoms. The number of amides is 1. The second kappa shape index (κ2) is 7.55. The number of nitrogens with zero attached hydrogens (tertiary/aromatic N) is 4. The van der Waals surface area contributed by atoms with Crippen LogP contribution < -0.4 is 5.32 Å². The Morgan fingerprint density at radius 3 is 2.59 bits per heavy atom. The number of H-pyrrole nitrogens is 1. The predicted octanol–water partition coefficient (Wildman–Crippen LogP) is 3.35. The van der Waals surface area contributed by atoms with Crippen molar-refractivity contribution in [3.05, 3.63) is 83.0 Å². The molecule has 0 aliphatic heterocycles. The number of benzene rings is 2. The number of carbonyl (C=O) groups excluding carboxylic acids is 1. The molecule has 0 saturated carbocycles. The van der Waals surface area contributed by atoms with E-state index >= 15 is 0 Å². The van der Waals surface area contributed by atoms with Gasteiger partial charge < -0.3 is 5.32 Å². The number of hydrogen-bond acceptors (Lipinski definition) is 4. The molecule has 0 spiro atoms. The molecule has 0 bridgehead atoms. The first kappa shape index (κ1) is 17.2. The van der Waals surface area contributed by atoms with Gasteiger partial charge >= 0.3 is 0 Å². The van der Waals surface area contributed by atoms with Gasteiger partial charge in [-0.2, -0.15) is 10.2 Å². The number of aromatic amines is 1. The van der Waals surface area contributed by atoms with E-state index in [-0.39, 0.29) is 5.91 Å². The molecule has 0 radical (unpaired) electrons. The monoisotopic (exact) mass is 422 g/mol. The lowest BCUT2D eigenvalue weighted by atomic mass is 10.1. The average molecular weight is 423 g/mol. The van der Waals surface area contributed by atoms with Gasteiger partial charge in [-0.05, 0) is 35.9 Å². The number of aromatic nitrogens is 5. The quantitative estimate of drug-likeness (QED) is 0.516. The second-order valence-electron chi connectivity index (χ2n) is 5.86. The van der Waals surface area contributed by atoms with Gasteiger partial charge in [0.1, 0.15) is 18.3 Å². The van der Waals surface area contributed by atoms with Gasteiger partial charge in [0, 0.05) is 16.6 Å². The molecule has 4 aromatic rings. The van der Waals surface area contributed by atoms with Crippen LogP contribution in [-0.2, 0) is 6.54 Å². The predicted molar refractivity (Wildman–Crippen MR) is 104 cm³/mol. The fourth-order valence-electron chi connectivity index (χ4n) is 2.59. The number of nitrogens with one attached hydrogen (secondary N) is 2. The maximum Gasteiger partial charge on any atom is 0.269 e. The van der Waals surface area contributed by atoms with Crippen LogP contribution in [0.3, 0.4) is 0 Å². The van der Waals surface area contributed by atoms with Gasteiger partial charge in [0.25, 0.3) is 5.91 Å². The minimum atomic E-state index is -0.203. The summed E-state index contributed by atoms with van der Waals surface area (Å²) in [6.07, 6.45) is 3.12. The Hall–Kier alpha value is -3.26. The van der Waals surface area contributed by atoms with Gasteiger partial charge in [-0.15, -0.1) is 0 Å². The van der Waals surface area contributed by atoms with E-state index in [1.807, 2.05) is 48.5 Å². The van der Waals surface area contributed by atoms with E-state index in [4.69, 9.17) is 0 Å². The summed E-state index contributed by atoms with van der Waals surface area (Å²) in [6, 6.07) is 17.2. The van der Waals surface area contributed by atoms with E-state index in [0.29, 0.717) is 12.2 Å². The van der Waals surface area contributed by atoms with Crippen molar-refractivity contribution in [1.29, 1.82) is 0 Å². The van der Waals surface area contributed by atoms with Crippen LogP contribution in [-0.4, -0.2) is 30.9 Å². The van der Waals surface area contributed by atoms with Crippen LogP contribution in [0.2, 0.25) is 0 Å². The summed E-state index contributed by atoms with van der Waals surface area (Å²) in [5.74, 6) is -0.203. The lowest BCUT2D eigenvalue weighted by molar-refractivity contribution is 0.0946. The molecule has 7 nitrogen and oxygen atoms in total. The number of halogens is 1. The van der Waals surface area contributed by atoms with Gasteiger partial charge in [-0.3, -0.25) is 9.89 Å². The highest BCUT2D eigenvalue weighted by molar-refractivity contribution is 9.10. The lowest BCUT2D eigenvalue weighted by Gasteiger charge is -2.05. The van der Waals surface area contributed by atoms with Crippen molar-refractivity contribution in [3.8, 4) is 16.9 Å². The Kier molecular flexibility index (Phi) is 4.80. The molecule has 2 heterocycles. The third-order valence-electron chi connectivity index (χ3n) is 4.04. The average Bonchev–Trinajstić information content (AvgIpc) is 3.39. The summed E-state index contributed by atoms with van der Waals surface area (Å²) in [7, 11) is 0. The molecule has 0 unspecified atom stereocenters. The zero-order valence-electron chi connectivity index (χ0n) is 14.1. The number of carbonyl (C=O) groups is 1. The molecule has 2 N–H and O–H groups in total. The fourth-order valence-corrected chi connectivity index (χ4v) is 2.86. The Bertz CT molecular complexity index is 1040. The lowest BCUT2D eigenvalue weighted by Crippen LogP contribution is -2.23. The van der Waals surface area contributed by atoms with Gasteiger partial charge in [-0.25, -0.2) is 9.67 Å². The molecule has 4 rings (SSSR count). The molecule has 0 saturated heterocycles. The van der Waals surface area contributed by atoms with E-state index in [1.165, 1.54) is 6.33 Å². The third-order valence-corrected chi connectivity index (χ3v) is 4.56. The van der Waals surface area contributed by atoms with Crippen LogP contribution in [0.1, 0.15) is 16.1 Å². The first-order chi connectivity index (χ1) is 13.2. The van der Waals surface area contributed by atoms with E-state index in [2.05, 4.69) is 41.5 Å². The normalized spacial score (nSPS) is 10.7. The maximum absolute atomic E-state index is 12.4. The molecule has 2 aromatic heterocycles. The van der Waals surface area contributed by atoms with Gasteiger partial charge in [0.2, 0.25) is 0 Å². The zero-order valence-corrected chi connectivity index (χ0v) is 15.7. The minimum Gasteiger partial charge on any atom is -0.347 e. The Balaban J connectivity index is 1.39. The van der Waals surface area contributed by atoms with Crippen molar-refractivity contribution in [2.75, 3.05) is 0 Å². The fraction of sp³-hybridized carbons (Fsp3) is 0.0526. The second-order valence-corrected chi connectivity index (χ2v) is 6.78. The molecule has 1 amide bonds. The summed E-state index contributed by atoms with van der Waals surface area (Å²) in [6.45, 7) is 0.420. The standard InChI is InChI=1S/C19H15BrN6O/c20-15-5-3-14(4-6-15)17-9-18(25-24-17)19(27)22-10-13-1-7-16(8-2-13)26-12-21-11-23-26/h1-9,11-12H,10H2,(H,22,27)(H,24,25). The van der Waals surface area contributed by atoms with Crippen molar-refractivity contribution in [3.63, 3.8) is 0 Å². The van der Waals surface area contributed by atoms with Crippen molar-refractivity contribution in [2.45, 2.75) is 6.54 Å². The molecule has 0 fully saturated rings.